The molecule has 1 unspecified atom stereocenters. The van der Waals surface area contributed by atoms with Crippen LogP contribution in [0, 0.1) is 0 Å². The van der Waals surface area contributed by atoms with Crippen LogP contribution in [-0.2, 0) is 17.8 Å². The van der Waals surface area contributed by atoms with Crippen LogP contribution in [0.2, 0.25) is 0 Å². The van der Waals surface area contributed by atoms with Gasteiger partial charge in [0, 0.05) is 18.7 Å². The highest BCUT2D eigenvalue weighted by atomic mass is 16.2. The largest absolute Gasteiger partial charge is 0.330 e. The maximum absolute atomic E-state index is 13.9. The molecule has 5 nitrogen and oxygen atoms in total. The smallest absolute Gasteiger partial charge is 0.254 e. The van der Waals surface area contributed by atoms with Crippen molar-refractivity contribution in [2.75, 3.05) is 13.1 Å². The van der Waals surface area contributed by atoms with E-state index < -0.39 is 0 Å². The van der Waals surface area contributed by atoms with E-state index in [4.69, 9.17) is 10.7 Å². The first-order chi connectivity index (χ1) is 17.4. The Morgan fingerprint density at radius 3 is 2.50 bits per heavy atom. The minimum Gasteiger partial charge on any atom is -0.330 e. The van der Waals surface area contributed by atoms with Crippen LogP contribution >= 0.6 is 0 Å². The quantitative estimate of drug-likeness (QED) is 0.255. The summed E-state index contributed by atoms with van der Waals surface area (Å²) in [7, 11) is 0. The topological polar surface area (TPSA) is 64.2 Å². The Morgan fingerprint density at radius 1 is 1.11 bits per heavy atom. The number of para-hydroxylation sites is 1. The molecule has 1 heterocycles. The third kappa shape index (κ3) is 6.41. The molecule has 190 valence electrons. The van der Waals surface area contributed by atoms with Crippen LogP contribution in [0.5, 0.6) is 0 Å². The molecule has 1 atom stereocenters. The molecule has 0 fully saturated rings. The Kier molecular flexibility index (Phi) is 9.83. The molecule has 1 aromatic heterocycles. The SMILES string of the molecule is C/C=C\C(=C/C=C(C)C)C(=O)N(CCCN)C(C)c1nc2c(CC)cccc2n1Cc1ccccc1. The predicted octanol–water partition coefficient (Wildman–Crippen LogP) is 6.35. The zero-order valence-electron chi connectivity index (χ0n) is 22.4. The first kappa shape index (κ1) is 27.2. The monoisotopic (exact) mass is 484 g/mol. The van der Waals surface area contributed by atoms with E-state index in [1.54, 1.807) is 0 Å². The van der Waals surface area contributed by atoms with Crippen molar-refractivity contribution in [3.8, 4) is 0 Å². The minimum absolute atomic E-state index is 0.0133. The van der Waals surface area contributed by atoms with E-state index in [0.29, 0.717) is 25.2 Å². The van der Waals surface area contributed by atoms with Gasteiger partial charge in [-0.25, -0.2) is 4.98 Å². The van der Waals surface area contributed by atoms with Gasteiger partial charge in [-0.2, -0.15) is 0 Å². The molecular weight excluding hydrogens is 444 g/mol. The molecule has 2 N–H and O–H groups in total. The Hall–Kier alpha value is -3.44. The summed E-state index contributed by atoms with van der Waals surface area (Å²) < 4.78 is 2.27. The number of aromatic nitrogens is 2. The van der Waals surface area contributed by atoms with Gasteiger partial charge in [-0.1, -0.05) is 73.2 Å². The van der Waals surface area contributed by atoms with Crippen LogP contribution in [-0.4, -0.2) is 33.4 Å². The second-order valence-corrected chi connectivity index (χ2v) is 9.36. The number of imidazole rings is 1. The third-order valence-electron chi connectivity index (χ3n) is 6.35. The van der Waals surface area contributed by atoms with Gasteiger partial charge in [0.1, 0.15) is 5.82 Å². The molecule has 0 saturated carbocycles. The molecule has 0 aliphatic rings. The van der Waals surface area contributed by atoms with E-state index in [2.05, 4.69) is 60.9 Å². The van der Waals surface area contributed by atoms with Gasteiger partial charge in [0.05, 0.1) is 17.1 Å². The number of nitrogens with zero attached hydrogens (tertiary/aromatic N) is 3. The predicted molar refractivity (Wildman–Crippen MR) is 151 cm³/mol. The molecule has 0 bridgehead atoms. The molecule has 0 aliphatic carbocycles. The summed E-state index contributed by atoms with van der Waals surface area (Å²) in [6, 6.07) is 16.6. The fraction of sp³-hybridized carbons (Fsp3) is 0.355. The molecule has 3 aromatic rings. The van der Waals surface area contributed by atoms with Crippen molar-refractivity contribution in [1.29, 1.82) is 0 Å². The van der Waals surface area contributed by atoms with Crippen molar-refractivity contribution in [3.63, 3.8) is 0 Å². The van der Waals surface area contributed by atoms with E-state index in [1.165, 1.54) is 11.1 Å². The number of benzene rings is 2. The molecular formula is C31H40N4O. The van der Waals surface area contributed by atoms with Crippen molar-refractivity contribution < 1.29 is 4.79 Å². The Labute approximate surface area is 216 Å². The van der Waals surface area contributed by atoms with Crippen LogP contribution in [0.15, 0.2) is 84.0 Å². The number of carbonyl (C=O) groups excluding carboxylic acids is 1. The summed E-state index contributed by atoms with van der Waals surface area (Å²) in [4.78, 5) is 21.0. The molecule has 0 aliphatic heterocycles. The number of allylic oxidation sites excluding steroid dienone is 4. The van der Waals surface area contributed by atoms with Gasteiger partial charge in [-0.15, -0.1) is 0 Å². The van der Waals surface area contributed by atoms with Gasteiger partial charge >= 0.3 is 0 Å². The molecule has 1 amide bonds. The lowest BCUT2D eigenvalue weighted by Crippen LogP contribution is -2.37. The molecule has 0 radical (unpaired) electrons. The fourth-order valence-corrected chi connectivity index (χ4v) is 4.43. The maximum Gasteiger partial charge on any atom is 0.254 e. The van der Waals surface area contributed by atoms with E-state index in [9.17, 15) is 4.79 Å². The first-order valence-corrected chi connectivity index (χ1v) is 12.9. The summed E-state index contributed by atoms with van der Waals surface area (Å²) in [6.07, 6.45) is 9.30. The lowest BCUT2D eigenvalue weighted by Gasteiger charge is -2.30. The number of carbonyl (C=O) groups is 1. The van der Waals surface area contributed by atoms with Crippen LogP contribution in [0.4, 0.5) is 0 Å². The first-order valence-electron chi connectivity index (χ1n) is 12.9. The lowest BCUT2D eigenvalue weighted by atomic mass is 10.1. The van der Waals surface area contributed by atoms with E-state index in [0.717, 1.165) is 35.3 Å². The van der Waals surface area contributed by atoms with Gasteiger partial charge < -0.3 is 15.2 Å². The summed E-state index contributed by atoms with van der Waals surface area (Å²) in [5, 5.41) is 0. The highest BCUT2D eigenvalue weighted by Crippen LogP contribution is 2.29. The summed E-state index contributed by atoms with van der Waals surface area (Å²) >= 11 is 0. The average Bonchev–Trinajstić information content (AvgIpc) is 3.25. The van der Waals surface area contributed by atoms with E-state index in [-0.39, 0.29) is 11.9 Å². The summed E-state index contributed by atoms with van der Waals surface area (Å²) in [5.41, 5.74) is 12.2. The second kappa shape index (κ2) is 13.0. The molecule has 36 heavy (non-hydrogen) atoms. The molecule has 5 heteroatoms. The Bertz CT molecular complexity index is 1250. The van der Waals surface area contributed by atoms with Crippen molar-refractivity contribution in [2.45, 2.75) is 60.0 Å². The van der Waals surface area contributed by atoms with Crippen molar-refractivity contribution in [1.82, 2.24) is 14.5 Å². The highest BCUT2D eigenvalue weighted by molar-refractivity contribution is 5.96. The number of fused-ring (bicyclic) bond motifs is 1. The number of rotatable bonds is 11. The van der Waals surface area contributed by atoms with Gasteiger partial charge in [-0.3, -0.25) is 4.79 Å². The number of amides is 1. The molecule has 2 aromatic carbocycles. The summed E-state index contributed by atoms with van der Waals surface area (Å²) in [5.74, 6) is 0.878. The van der Waals surface area contributed by atoms with Crippen LogP contribution in [0.1, 0.15) is 64.0 Å². The minimum atomic E-state index is -0.231. The number of nitrogens with two attached hydrogens (primary N) is 1. The van der Waals surface area contributed by atoms with Gasteiger partial charge in [-0.05, 0) is 70.4 Å². The van der Waals surface area contributed by atoms with Gasteiger partial charge in [0.2, 0.25) is 0 Å². The van der Waals surface area contributed by atoms with Crippen LogP contribution in [0.25, 0.3) is 11.0 Å². The molecule has 0 spiro atoms. The average molecular weight is 485 g/mol. The number of hydrogen-bond acceptors (Lipinski definition) is 3. The van der Waals surface area contributed by atoms with Crippen LogP contribution in [0.3, 0.4) is 0 Å². The molecule has 3 rings (SSSR count). The Balaban J connectivity index is 2.14. The maximum atomic E-state index is 13.9. The highest BCUT2D eigenvalue weighted by Gasteiger charge is 2.27. The van der Waals surface area contributed by atoms with E-state index in [1.807, 2.05) is 56.0 Å². The number of hydrogen-bond donors (Lipinski definition) is 1. The lowest BCUT2D eigenvalue weighted by molar-refractivity contribution is -0.129. The van der Waals surface area contributed by atoms with Crippen molar-refractivity contribution >= 4 is 16.9 Å². The number of aryl methyl sites for hydroxylation is 1. The van der Waals surface area contributed by atoms with Gasteiger partial charge in [0.25, 0.3) is 5.91 Å². The van der Waals surface area contributed by atoms with Crippen molar-refractivity contribution in [2.24, 2.45) is 5.73 Å². The zero-order valence-corrected chi connectivity index (χ0v) is 22.4. The second-order valence-electron chi connectivity index (χ2n) is 9.36. The third-order valence-corrected chi connectivity index (χ3v) is 6.35. The van der Waals surface area contributed by atoms with Crippen molar-refractivity contribution in [3.05, 3.63) is 101 Å². The Morgan fingerprint density at radius 2 is 1.86 bits per heavy atom. The molecule has 0 saturated heterocycles. The fourth-order valence-electron chi connectivity index (χ4n) is 4.43. The zero-order chi connectivity index (χ0) is 26.1. The van der Waals surface area contributed by atoms with Crippen LogP contribution < -0.4 is 5.73 Å². The van der Waals surface area contributed by atoms with Gasteiger partial charge in [0.15, 0.2) is 0 Å². The van der Waals surface area contributed by atoms with E-state index >= 15 is 0 Å². The summed E-state index contributed by atoms with van der Waals surface area (Å²) in [6.45, 7) is 12.0. The normalized spacial score (nSPS) is 12.8. The standard InChI is InChI=1S/C31H40N4O/c1-6-13-27(19-18-23(3)4)31(36)34(21-12-20-32)24(5)30-33-29-26(7-2)16-11-17-28(29)35(30)22-25-14-9-8-10-15-25/h6,8-11,13-19,24H,7,12,20-22,32H2,1-5H3/b13-6-,27-19+.